The molecule has 0 heterocycles. The third kappa shape index (κ3) is 3.43. The van der Waals surface area contributed by atoms with Crippen LogP contribution in [0, 0.1) is 6.92 Å². The van der Waals surface area contributed by atoms with E-state index in [2.05, 4.69) is 0 Å². The van der Waals surface area contributed by atoms with Crippen molar-refractivity contribution in [2.45, 2.75) is 19.5 Å². The maximum absolute atomic E-state index is 12.5. The number of alkyl halides is 2. The quantitative estimate of drug-likeness (QED) is 0.811. The van der Waals surface area contributed by atoms with Gasteiger partial charge in [0.2, 0.25) is 0 Å². The summed E-state index contributed by atoms with van der Waals surface area (Å²) in [5.41, 5.74) is 0.404. The summed E-state index contributed by atoms with van der Waals surface area (Å²) >= 11 is 0. The smallest absolute Gasteiger partial charge is 0.264 e. The van der Waals surface area contributed by atoms with Crippen molar-refractivity contribution >= 4 is 0 Å². The third-order valence-electron chi connectivity index (χ3n) is 2.14. The number of aliphatic hydroxyl groups excluding tert-OH is 2. The molecule has 0 aliphatic rings. The van der Waals surface area contributed by atoms with Crippen LogP contribution in [-0.4, -0.2) is 29.5 Å². The summed E-state index contributed by atoms with van der Waals surface area (Å²) in [6.45, 7) is 1.05. The Kier molecular flexibility index (Phi) is 4.64. The highest BCUT2D eigenvalue weighted by molar-refractivity contribution is 5.35. The Morgan fingerprint density at radius 2 is 2.06 bits per heavy atom. The van der Waals surface area contributed by atoms with E-state index in [1.165, 1.54) is 12.1 Å². The van der Waals surface area contributed by atoms with Gasteiger partial charge in [0.25, 0.3) is 6.43 Å². The minimum Gasteiger partial charge on any atom is -0.491 e. The fourth-order valence-corrected chi connectivity index (χ4v) is 1.19. The predicted octanol–water partition coefficient (Wildman–Crippen LogP) is 1.66. The lowest BCUT2D eigenvalue weighted by Crippen LogP contribution is -2.21. The van der Waals surface area contributed by atoms with Gasteiger partial charge in [-0.15, -0.1) is 0 Å². The largest absolute Gasteiger partial charge is 0.491 e. The highest BCUT2D eigenvalue weighted by Gasteiger charge is 2.12. The molecule has 1 aromatic rings. The van der Waals surface area contributed by atoms with Crippen molar-refractivity contribution in [3.63, 3.8) is 0 Å². The molecule has 0 bridgehead atoms. The molecule has 0 aliphatic carbocycles. The van der Waals surface area contributed by atoms with Crippen molar-refractivity contribution in [1.82, 2.24) is 0 Å². The van der Waals surface area contributed by atoms with Crippen LogP contribution >= 0.6 is 0 Å². The van der Waals surface area contributed by atoms with Gasteiger partial charge in [-0.2, -0.15) is 0 Å². The molecule has 1 atom stereocenters. The van der Waals surface area contributed by atoms with Crippen molar-refractivity contribution < 1.29 is 23.7 Å². The maximum atomic E-state index is 12.5. The first-order chi connectivity index (χ1) is 7.54. The van der Waals surface area contributed by atoms with Crippen molar-refractivity contribution in [2.24, 2.45) is 0 Å². The van der Waals surface area contributed by atoms with Gasteiger partial charge in [-0.05, 0) is 24.6 Å². The number of hydrogen-bond donors (Lipinski definition) is 2. The molecule has 90 valence electrons. The highest BCUT2D eigenvalue weighted by atomic mass is 19.3. The van der Waals surface area contributed by atoms with Crippen LogP contribution in [0.2, 0.25) is 0 Å². The lowest BCUT2D eigenvalue weighted by Gasteiger charge is -2.12. The van der Waals surface area contributed by atoms with Gasteiger partial charge in [0.1, 0.15) is 18.5 Å². The Labute approximate surface area is 92.3 Å². The molecule has 16 heavy (non-hydrogen) atoms. The van der Waals surface area contributed by atoms with Gasteiger partial charge >= 0.3 is 0 Å². The fraction of sp³-hybridized carbons (Fsp3) is 0.455. The Balaban J connectivity index is 2.71. The van der Waals surface area contributed by atoms with Crippen molar-refractivity contribution in [2.75, 3.05) is 13.2 Å². The van der Waals surface area contributed by atoms with E-state index in [4.69, 9.17) is 14.9 Å². The first-order valence-corrected chi connectivity index (χ1v) is 4.85. The van der Waals surface area contributed by atoms with Gasteiger partial charge in [0.05, 0.1) is 6.61 Å². The molecule has 1 rings (SSSR count). The summed E-state index contributed by atoms with van der Waals surface area (Å²) in [7, 11) is 0. The van der Waals surface area contributed by atoms with Crippen LogP contribution in [0.3, 0.4) is 0 Å². The topological polar surface area (TPSA) is 49.7 Å². The Morgan fingerprint density at radius 3 is 2.62 bits per heavy atom. The van der Waals surface area contributed by atoms with Gasteiger partial charge in [-0.1, -0.05) is 6.07 Å². The molecule has 0 saturated heterocycles. The minimum atomic E-state index is -2.55. The van der Waals surface area contributed by atoms with E-state index in [0.717, 1.165) is 0 Å². The molecule has 1 unspecified atom stereocenters. The van der Waals surface area contributed by atoms with Crippen LogP contribution in [0.15, 0.2) is 18.2 Å². The number of rotatable bonds is 5. The van der Waals surface area contributed by atoms with Crippen LogP contribution in [0.25, 0.3) is 0 Å². The minimum absolute atomic E-state index is 0.0870. The molecule has 0 spiro atoms. The second-order valence-corrected chi connectivity index (χ2v) is 3.47. The van der Waals surface area contributed by atoms with E-state index in [1.54, 1.807) is 13.0 Å². The van der Waals surface area contributed by atoms with Crippen LogP contribution < -0.4 is 4.74 Å². The molecular weight excluding hydrogens is 218 g/mol. The van der Waals surface area contributed by atoms with Gasteiger partial charge in [0.15, 0.2) is 0 Å². The van der Waals surface area contributed by atoms with E-state index in [-0.39, 0.29) is 17.9 Å². The van der Waals surface area contributed by atoms with E-state index < -0.39 is 19.1 Å². The molecule has 0 amide bonds. The van der Waals surface area contributed by atoms with E-state index in [1.807, 2.05) is 0 Å². The number of hydrogen-bond acceptors (Lipinski definition) is 3. The SMILES string of the molecule is Cc1ccc(OCC(O)CO)cc1C(F)F. The Morgan fingerprint density at radius 1 is 1.38 bits per heavy atom. The number of halogens is 2. The first-order valence-electron chi connectivity index (χ1n) is 4.85. The summed E-state index contributed by atoms with van der Waals surface area (Å²) in [4.78, 5) is 0. The van der Waals surface area contributed by atoms with Gasteiger partial charge in [-0.25, -0.2) is 8.78 Å². The number of ether oxygens (including phenoxy) is 1. The third-order valence-corrected chi connectivity index (χ3v) is 2.14. The fourth-order valence-electron chi connectivity index (χ4n) is 1.19. The van der Waals surface area contributed by atoms with Crippen LogP contribution in [0.5, 0.6) is 5.75 Å². The maximum Gasteiger partial charge on any atom is 0.264 e. The Hall–Kier alpha value is -1.20. The van der Waals surface area contributed by atoms with Crippen LogP contribution in [0.4, 0.5) is 8.78 Å². The zero-order valence-corrected chi connectivity index (χ0v) is 8.86. The zero-order chi connectivity index (χ0) is 12.1. The van der Waals surface area contributed by atoms with E-state index in [0.29, 0.717) is 5.56 Å². The van der Waals surface area contributed by atoms with Crippen LogP contribution in [-0.2, 0) is 0 Å². The molecular formula is C11H14F2O3. The number of aliphatic hydroxyl groups is 2. The Bertz CT molecular complexity index is 342. The van der Waals surface area contributed by atoms with E-state index >= 15 is 0 Å². The molecule has 0 fully saturated rings. The van der Waals surface area contributed by atoms with Crippen molar-refractivity contribution in [3.05, 3.63) is 29.3 Å². The average molecular weight is 232 g/mol. The second kappa shape index (κ2) is 5.77. The monoisotopic (exact) mass is 232 g/mol. The molecule has 0 aliphatic heterocycles. The molecule has 3 nitrogen and oxygen atoms in total. The number of aryl methyl sites for hydroxylation is 1. The summed E-state index contributed by atoms with van der Waals surface area (Å²) in [5, 5.41) is 17.6. The highest BCUT2D eigenvalue weighted by Crippen LogP contribution is 2.26. The molecule has 5 heteroatoms. The second-order valence-electron chi connectivity index (χ2n) is 3.47. The summed E-state index contributed by atoms with van der Waals surface area (Å²) < 4.78 is 30.1. The molecule has 0 saturated carbocycles. The van der Waals surface area contributed by atoms with Gasteiger partial charge in [-0.3, -0.25) is 0 Å². The van der Waals surface area contributed by atoms with Gasteiger partial charge < -0.3 is 14.9 Å². The summed E-state index contributed by atoms with van der Waals surface area (Å²) in [6, 6.07) is 4.32. The standard InChI is InChI=1S/C11H14F2O3/c1-7-2-3-9(4-10(7)11(12)13)16-6-8(15)5-14/h2-4,8,11,14-15H,5-6H2,1H3. The average Bonchev–Trinajstić information content (AvgIpc) is 2.27. The molecule has 0 radical (unpaired) electrons. The van der Waals surface area contributed by atoms with Gasteiger partial charge in [0, 0.05) is 5.56 Å². The zero-order valence-electron chi connectivity index (χ0n) is 8.86. The van der Waals surface area contributed by atoms with Crippen molar-refractivity contribution in [1.29, 1.82) is 0 Å². The number of benzene rings is 1. The molecule has 1 aromatic carbocycles. The summed E-state index contributed by atoms with van der Waals surface area (Å²) in [5.74, 6) is 0.258. The van der Waals surface area contributed by atoms with E-state index in [9.17, 15) is 8.78 Å². The van der Waals surface area contributed by atoms with Crippen molar-refractivity contribution in [3.8, 4) is 5.75 Å². The first kappa shape index (κ1) is 12.9. The lowest BCUT2D eigenvalue weighted by atomic mass is 10.1. The van der Waals surface area contributed by atoms with Crippen LogP contribution in [0.1, 0.15) is 17.6 Å². The lowest BCUT2D eigenvalue weighted by molar-refractivity contribution is 0.0534. The summed E-state index contributed by atoms with van der Waals surface area (Å²) in [6.07, 6.45) is -3.55. The predicted molar refractivity (Wildman–Crippen MR) is 54.7 cm³/mol. The molecule has 2 N–H and O–H groups in total. The molecule has 0 aromatic heterocycles. The normalized spacial score (nSPS) is 12.9.